The molecule has 0 saturated carbocycles. The second kappa shape index (κ2) is 9.48. The molecule has 3 aromatic rings. The Balaban J connectivity index is 1.55. The molecule has 166 valence electrons. The Labute approximate surface area is 192 Å². The van der Waals surface area contributed by atoms with Gasteiger partial charge in [0.15, 0.2) is 0 Å². The number of aryl methyl sites for hydroxylation is 2. The van der Waals surface area contributed by atoms with E-state index < -0.39 is 6.04 Å². The molecule has 1 aromatic carbocycles. The van der Waals surface area contributed by atoms with E-state index in [0.29, 0.717) is 37.7 Å². The summed E-state index contributed by atoms with van der Waals surface area (Å²) in [6, 6.07) is 11.8. The molecule has 1 aliphatic rings. The first-order valence-electron chi connectivity index (χ1n) is 10.7. The summed E-state index contributed by atoms with van der Waals surface area (Å²) in [5.41, 5.74) is 2.17. The summed E-state index contributed by atoms with van der Waals surface area (Å²) in [4.78, 5) is 35.4. The van der Waals surface area contributed by atoms with Crippen LogP contribution in [0.25, 0.3) is 10.4 Å². The van der Waals surface area contributed by atoms with Crippen LogP contribution in [0.2, 0.25) is 0 Å². The minimum absolute atomic E-state index is 0.0432. The van der Waals surface area contributed by atoms with Gasteiger partial charge in [-0.05, 0) is 36.4 Å². The van der Waals surface area contributed by atoms with Crippen LogP contribution in [0.5, 0.6) is 0 Å². The molecule has 1 saturated heterocycles. The topological polar surface area (TPSA) is 71.3 Å². The number of rotatable bonds is 7. The fourth-order valence-electron chi connectivity index (χ4n) is 4.07. The van der Waals surface area contributed by atoms with E-state index in [0.717, 1.165) is 11.1 Å². The van der Waals surface area contributed by atoms with Gasteiger partial charge < -0.3 is 9.80 Å². The van der Waals surface area contributed by atoms with Gasteiger partial charge in [0.2, 0.25) is 11.8 Å². The zero-order chi connectivity index (χ0) is 22.7. The van der Waals surface area contributed by atoms with E-state index in [1.807, 2.05) is 25.1 Å². The predicted molar refractivity (Wildman–Crippen MR) is 125 cm³/mol. The van der Waals surface area contributed by atoms with Crippen molar-refractivity contribution in [2.75, 3.05) is 19.6 Å². The summed E-state index contributed by atoms with van der Waals surface area (Å²) in [5, 5.41) is 6.36. The minimum atomic E-state index is -0.547. The monoisotopic (exact) mass is 449 g/mol. The fourth-order valence-corrected chi connectivity index (χ4v) is 4.81. The van der Waals surface area contributed by atoms with Crippen LogP contribution in [-0.4, -0.2) is 62.1 Å². The number of amides is 2. The standard InChI is InChI=1S/C24H27N5O2S/c1-4-11-27-12-13-28(23(30)16-29-18(3)25-17(2)26-29)21(24(27)31)15-19-7-9-20(10-8-19)22-6-5-14-32-22/h4-10,14,21H,1,11-13,15-16H2,2-3H3/t21-/m0/s1. The number of carbonyl (C=O) groups is 2. The molecule has 2 amide bonds. The average molecular weight is 450 g/mol. The molecule has 7 nitrogen and oxygen atoms in total. The summed E-state index contributed by atoms with van der Waals surface area (Å²) >= 11 is 1.70. The molecule has 0 radical (unpaired) electrons. The highest BCUT2D eigenvalue weighted by molar-refractivity contribution is 7.13. The van der Waals surface area contributed by atoms with Gasteiger partial charge in [0.1, 0.15) is 24.2 Å². The van der Waals surface area contributed by atoms with Crippen LogP contribution < -0.4 is 0 Å². The first kappa shape index (κ1) is 22.0. The summed E-state index contributed by atoms with van der Waals surface area (Å²) in [7, 11) is 0. The number of benzene rings is 1. The largest absolute Gasteiger partial charge is 0.335 e. The maximum Gasteiger partial charge on any atom is 0.246 e. The average Bonchev–Trinajstić information content (AvgIpc) is 3.41. The first-order chi connectivity index (χ1) is 15.5. The third-order valence-electron chi connectivity index (χ3n) is 5.69. The molecule has 0 N–H and O–H groups in total. The van der Waals surface area contributed by atoms with Gasteiger partial charge in [-0.3, -0.25) is 9.59 Å². The molecular formula is C24H27N5O2S. The van der Waals surface area contributed by atoms with Crippen LogP contribution in [0.3, 0.4) is 0 Å². The van der Waals surface area contributed by atoms with E-state index in [1.54, 1.807) is 38.8 Å². The molecule has 4 rings (SSSR count). The lowest BCUT2D eigenvalue weighted by atomic mass is 9.99. The van der Waals surface area contributed by atoms with Gasteiger partial charge in [0, 0.05) is 30.9 Å². The maximum absolute atomic E-state index is 13.3. The van der Waals surface area contributed by atoms with Crippen LogP contribution in [0.1, 0.15) is 17.2 Å². The number of aromatic nitrogens is 3. The highest BCUT2D eigenvalue weighted by atomic mass is 32.1. The Kier molecular flexibility index (Phi) is 6.50. The summed E-state index contributed by atoms with van der Waals surface area (Å²) in [5.74, 6) is 1.15. The van der Waals surface area contributed by atoms with E-state index >= 15 is 0 Å². The second-order valence-corrected chi connectivity index (χ2v) is 8.87. The molecule has 32 heavy (non-hydrogen) atoms. The highest BCUT2D eigenvalue weighted by Crippen LogP contribution is 2.26. The lowest BCUT2D eigenvalue weighted by molar-refractivity contribution is -0.151. The lowest BCUT2D eigenvalue weighted by Gasteiger charge is -2.40. The van der Waals surface area contributed by atoms with Gasteiger partial charge in [0.25, 0.3) is 0 Å². The van der Waals surface area contributed by atoms with E-state index in [2.05, 4.69) is 40.2 Å². The van der Waals surface area contributed by atoms with Crippen molar-refractivity contribution in [3.05, 3.63) is 71.6 Å². The van der Waals surface area contributed by atoms with Crippen molar-refractivity contribution in [2.24, 2.45) is 0 Å². The van der Waals surface area contributed by atoms with E-state index in [1.165, 1.54) is 4.88 Å². The molecule has 0 spiro atoms. The first-order valence-corrected chi connectivity index (χ1v) is 11.5. The van der Waals surface area contributed by atoms with E-state index in [4.69, 9.17) is 0 Å². The van der Waals surface area contributed by atoms with Gasteiger partial charge in [0.05, 0.1) is 0 Å². The zero-order valence-corrected chi connectivity index (χ0v) is 19.2. The Morgan fingerprint density at radius 2 is 2.00 bits per heavy atom. The van der Waals surface area contributed by atoms with Crippen molar-refractivity contribution in [1.82, 2.24) is 24.6 Å². The van der Waals surface area contributed by atoms with Crippen molar-refractivity contribution >= 4 is 23.2 Å². The minimum Gasteiger partial charge on any atom is -0.335 e. The normalized spacial score (nSPS) is 16.4. The van der Waals surface area contributed by atoms with Crippen LogP contribution in [0, 0.1) is 13.8 Å². The van der Waals surface area contributed by atoms with Crippen molar-refractivity contribution in [3.8, 4) is 10.4 Å². The van der Waals surface area contributed by atoms with E-state index in [-0.39, 0.29) is 18.4 Å². The number of hydrogen-bond acceptors (Lipinski definition) is 5. The molecule has 2 aromatic heterocycles. The van der Waals surface area contributed by atoms with Crippen LogP contribution in [0.15, 0.2) is 54.4 Å². The van der Waals surface area contributed by atoms with Gasteiger partial charge in [-0.15, -0.1) is 17.9 Å². The van der Waals surface area contributed by atoms with Gasteiger partial charge in [-0.25, -0.2) is 9.67 Å². The second-order valence-electron chi connectivity index (χ2n) is 7.92. The highest BCUT2D eigenvalue weighted by Gasteiger charge is 2.37. The van der Waals surface area contributed by atoms with Crippen LogP contribution in [-0.2, 0) is 22.6 Å². The number of carbonyl (C=O) groups excluding carboxylic acids is 2. The maximum atomic E-state index is 13.3. The van der Waals surface area contributed by atoms with Crippen LogP contribution >= 0.6 is 11.3 Å². The van der Waals surface area contributed by atoms with Crippen molar-refractivity contribution in [3.63, 3.8) is 0 Å². The third-order valence-corrected chi connectivity index (χ3v) is 6.61. The Morgan fingerprint density at radius 3 is 2.62 bits per heavy atom. The molecule has 3 heterocycles. The Bertz CT molecular complexity index is 1100. The van der Waals surface area contributed by atoms with Crippen molar-refractivity contribution in [1.29, 1.82) is 0 Å². The number of piperazine rings is 1. The predicted octanol–water partition coefficient (Wildman–Crippen LogP) is 3.09. The SMILES string of the molecule is C=CCN1CCN(C(=O)Cn2nc(C)nc2C)[C@@H](Cc2ccc(-c3cccs3)cc2)C1=O. The fraction of sp³-hybridized carbons (Fsp3) is 0.333. The molecule has 1 atom stereocenters. The quantitative estimate of drug-likeness (QED) is 0.520. The van der Waals surface area contributed by atoms with Crippen LogP contribution in [0.4, 0.5) is 0 Å². The van der Waals surface area contributed by atoms with Crippen molar-refractivity contribution < 1.29 is 9.59 Å². The van der Waals surface area contributed by atoms with Gasteiger partial charge in [-0.1, -0.05) is 36.4 Å². The number of nitrogens with zero attached hydrogens (tertiary/aromatic N) is 5. The molecule has 0 aliphatic carbocycles. The van der Waals surface area contributed by atoms with Gasteiger partial charge in [-0.2, -0.15) is 5.10 Å². The number of hydrogen-bond donors (Lipinski definition) is 0. The molecule has 8 heteroatoms. The summed E-state index contributed by atoms with van der Waals surface area (Å²) < 4.78 is 1.60. The Hall–Kier alpha value is -3.26. The summed E-state index contributed by atoms with van der Waals surface area (Å²) in [6.07, 6.45) is 2.20. The molecule has 0 bridgehead atoms. The van der Waals surface area contributed by atoms with Gasteiger partial charge >= 0.3 is 0 Å². The van der Waals surface area contributed by atoms with E-state index in [9.17, 15) is 9.59 Å². The molecular weight excluding hydrogens is 422 g/mol. The zero-order valence-electron chi connectivity index (χ0n) is 18.4. The summed E-state index contributed by atoms with van der Waals surface area (Å²) in [6.45, 7) is 8.94. The molecule has 0 unspecified atom stereocenters. The van der Waals surface area contributed by atoms with Crippen molar-refractivity contribution in [2.45, 2.75) is 32.9 Å². The molecule has 1 fully saturated rings. The lowest BCUT2D eigenvalue weighted by Crippen LogP contribution is -2.60. The molecule has 1 aliphatic heterocycles. The number of thiophene rings is 1. The Morgan fingerprint density at radius 1 is 1.22 bits per heavy atom. The third kappa shape index (κ3) is 4.65. The smallest absolute Gasteiger partial charge is 0.246 e.